The van der Waals surface area contributed by atoms with Crippen LogP contribution in [0, 0.1) is 0 Å². The zero-order valence-electron chi connectivity index (χ0n) is 12.9. The Morgan fingerprint density at radius 3 is 2.24 bits per heavy atom. The van der Waals surface area contributed by atoms with Crippen molar-refractivity contribution < 1.29 is 17.9 Å². The van der Waals surface area contributed by atoms with Crippen LogP contribution in [0.3, 0.4) is 0 Å². The molecule has 0 bridgehead atoms. The van der Waals surface area contributed by atoms with E-state index in [1.54, 1.807) is 6.07 Å². The second-order valence-electron chi connectivity index (χ2n) is 5.42. The summed E-state index contributed by atoms with van der Waals surface area (Å²) in [7, 11) is 0. The summed E-state index contributed by atoms with van der Waals surface area (Å²) in [6, 6.07) is 5.44. The Morgan fingerprint density at radius 1 is 1.19 bits per heavy atom. The molecule has 0 aliphatic rings. The molecular formula is C15H23F3N2O. The summed E-state index contributed by atoms with van der Waals surface area (Å²) < 4.78 is 40.8. The van der Waals surface area contributed by atoms with Crippen LogP contribution in [0.2, 0.25) is 0 Å². The first-order valence-corrected chi connectivity index (χ1v) is 6.98. The monoisotopic (exact) mass is 304 g/mol. The first-order chi connectivity index (χ1) is 9.61. The van der Waals surface area contributed by atoms with Crippen molar-refractivity contribution in [3.8, 4) is 5.75 Å². The van der Waals surface area contributed by atoms with Crippen molar-refractivity contribution in [1.29, 1.82) is 0 Å². The molecule has 0 saturated heterocycles. The highest BCUT2D eigenvalue weighted by Crippen LogP contribution is 2.32. The minimum atomic E-state index is -4.70. The average molecular weight is 304 g/mol. The number of nitrogens with two attached hydrogens (primary N) is 1. The third-order valence-electron chi connectivity index (χ3n) is 3.79. The van der Waals surface area contributed by atoms with E-state index in [2.05, 4.69) is 9.64 Å². The molecule has 2 N–H and O–H groups in total. The van der Waals surface area contributed by atoms with E-state index in [1.807, 2.05) is 27.7 Å². The molecule has 120 valence electrons. The van der Waals surface area contributed by atoms with Crippen molar-refractivity contribution in [3.05, 3.63) is 29.8 Å². The van der Waals surface area contributed by atoms with E-state index in [-0.39, 0.29) is 11.3 Å². The van der Waals surface area contributed by atoms with Gasteiger partial charge in [0.05, 0.1) is 0 Å². The van der Waals surface area contributed by atoms with Crippen LogP contribution in [-0.2, 0) is 0 Å². The molecule has 21 heavy (non-hydrogen) atoms. The lowest BCUT2D eigenvalue weighted by Gasteiger charge is -2.42. The van der Waals surface area contributed by atoms with Crippen molar-refractivity contribution in [1.82, 2.24) is 4.90 Å². The molecule has 0 heterocycles. The van der Waals surface area contributed by atoms with Crippen molar-refractivity contribution >= 4 is 0 Å². The van der Waals surface area contributed by atoms with Gasteiger partial charge in [-0.15, -0.1) is 13.2 Å². The fourth-order valence-electron chi connectivity index (χ4n) is 2.55. The van der Waals surface area contributed by atoms with Crippen LogP contribution in [-0.4, -0.2) is 29.9 Å². The normalized spacial score (nSPS) is 14.3. The van der Waals surface area contributed by atoms with Gasteiger partial charge in [0.1, 0.15) is 5.75 Å². The van der Waals surface area contributed by atoms with Crippen molar-refractivity contribution in [2.45, 2.75) is 45.6 Å². The van der Waals surface area contributed by atoms with Crippen LogP contribution < -0.4 is 10.5 Å². The first kappa shape index (κ1) is 17.8. The highest BCUT2D eigenvalue weighted by Gasteiger charge is 2.34. The van der Waals surface area contributed by atoms with Gasteiger partial charge in [0, 0.05) is 11.6 Å². The highest BCUT2D eigenvalue weighted by atomic mass is 19.4. The fraction of sp³-hybridized carbons (Fsp3) is 0.600. The number of hydrogen-bond donors (Lipinski definition) is 1. The van der Waals surface area contributed by atoms with E-state index in [4.69, 9.17) is 5.73 Å². The Bertz CT molecular complexity index is 456. The molecule has 0 aromatic heterocycles. The maximum absolute atomic E-state index is 12.3. The first-order valence-electron chi connectivity index (χ1n) is 6.98. The zero-order chi connectivity index (χ0) is 16.3. The van der Waals surface area contributed by atoms with Gasteiger partial charge in [0.2, 0.25) is 0 Å². The second-order valence-corrected chi connectivity index (χ2v) is 5.42. The Kier molecular flexibility index (Phi) is 5.64. The van der Waals surface area contributed by atoms with Gasteiger partial charge in [-0.2, -0.15) is 0 Å². The summed E-state index contributed by atoms with van der Waals surface area (Å²) in [5.41, 5.74) is 6.52. The van der Waals surface area contributed by atoms with E-state index in [0.29, 0.717) is 5.56 Å². The third kappa shape index (κ3) is 4.61. The predicted octanol–water partition coefficient (Wildman–Crippen LogP) is 3.71. The molecule has 1 aromatic rings. The van der Waals surface area contributed by atoms with Crippen LogP contribution >= 0.6 is 0 Å². The molecule has 0 spiro atoms. The Morgan fingerprint density at radius 2 is 1.76 bits per heavy atom. The lowest BCUT2D eigenvalue weighted by molar-refractivity contribution is -0.274. The summed E-state index contributed by atoms with van der Waals surface area (Å²) in [6.45, 7) is 9.66. The topological polar surface area (TPSA) is 38.5 Å². The average Bonchev–Trinajstić information content (AvgIpc) is 2.37. The lowest BCUT2D eigenvalue weighted by Crippen LogP contribution is -2.51. The van der Waals surface area contributed by atoms with E-state index >= 15 is 0 Å². The third-order valence-corrected chi connectivity index (χ3v) is 3.79. The van der Waals surface area contributed by atoms with Gasteiger partial charge in [0.15, 0.2) is 0 Å². The number of hydrogen-bond acceptors (Lipinski definition) is 3. The zero-order valence-corrected chi connectivity index (χ0v) is 12.9. The lowest BCUT2D eigenvalue weighted by atomic mass is 9.87. The van der Waals surface area contributed by atoms with Crippen molar-refractivity contribution in [2.75, 3.05) is 13.1 Å². The molecule has 0 saturated carbocycles. The van der Waals surface area contributed by atoms with Crippen LogP contribution in [0.1, 0.15) is 39.3 Å². The summed E-state index contributed by atoms with van der Waals surface area (Å²) in [6.07, 6.45) is -4.70. The van der Waals surface area contributed by atoms with E-state index in [0.717, 1.165) is 13.1 Å². The summed E-state index contributed by atoms with van der Waals surface area (Å²) in [5, 5.41) is 0. The van der Waals surface area contributed by atoms with Crippen molar-refractivity contribution in [3.63, 3.8) is 0 Å². The molecule has 0 radical (unpaired) electrons. The van der Waals surface area contributed by atoms with E-state index < -0.39 is 12.4 Å². The number of alkyl halides is 3. The molecule has 1 rings (SSSR count). The van der Waals surface area contributed by atoms with E-state index in [1.165, 1.54) is 18.2 Å². The van der Waals surface area contributed by atoms with Gasteiger partial charge >= 0.3 is 6.36 Å². The van der Waals surface area contributed by atoms with Crippen LogP contribution in [0.5, 0.6) is 5.75 Å². The molecular weight excluding hydrogens is 281 g/mol. The Balaban J connectivity index is 3.02. The molecule has 1 aromatic carbocycles. The van der Waals surface area contributed by atoms with Crippen LogP contribution in [0.4, 0.5) is 13.2 Å². The molecule has 1 atom stereocenters. The van der Waals surface area contributed by atoms with Crippen LogP contribution in [0.25, 0.3) is 0 Å². The molecule has 0 aliphatic carbocycles. The molecule has 1 unspecified atom stereocenters. The van der Waals surface area contributed by atoms with Crippen LogP contribution in [0.15, 0.2) is 24.3 Å². The van der Waals surface area contributed by atoms with Gasteiger partial charge < -0.3 is 10.5 Å². The summed E-state index contributed by atoms with van der Waals surface area (Å²) >= 11 is 0. The summed E-state index contributed by atoms with van der Waals surface area (Å²) in [5.74, 6) is -0.245. The SMILES string of the molecule is CCN(CC)C(C)(C)C(N)c1cccc(OC(F)(F)F)c1. The maximum Gasteiger partial charge on any atom is 0.573 e. The standard InChI is InChI=1S/C15H23F3N2O/c1-5-20(6-2)14(3,4)13(19)11-8-7-9-12(10-11)21-15(16,17)18/h7-10,13H,5-6,19H2,1-4H3. The molecule has 0 amide bonds. The van der Waals surface area contributed by atoms with Gasteiger partial charge in [-0.05, 0) is 44.6 Å². The minimum Gasteiger partial charge on any atom is -0.406 e. The summed E-state index contributed by atoms with van der Waals surface area (Å²) in [4.78, 5) is 2.18. The maximum atomic E-state index is 12.3. The fourth-order valence-corrected chi connectivity index (χ4v) is 2.55. The smallest absolute Gasteiger partial charge is 0.406 e. The second kappa shape index (κ2) is 6.66. The Hall–Kier alpha value is -1.27. The predicted molar refractivity (Wildman–Crippen MR) is 77.1 cm³/mol. The van der Waals surface area contributed by atoms with E-state index in [9.17, 15) is 13.2 Å². The number of halogens is 3. The quantitative estimate of drug-likeness (QED) is 0.871. The Labute approximate surface area is 123 Å². The number of nitrogens with zero attached hydrogens (tertiary/aromatic N) is 1. The van der Waals surface area contributed by atoms with Gasteiger partial charge in [-0.25, -0.2) is 0 Å². The molecule has 0 fully saturated rings. The molecule has 6 heteroatoms. The number of benzene rings is 1. The number of likely N-dealkylation sites (N-methyl/N-ethyl adjacent to an activating group) is 1. The number of ether oxygens (including phenoxy) is 1. The molecule has 0 aliphatic heterocycles. The molecule has 3 nitrogen and oxygen atoms in total. The van der Waals surface area contributed by atoms with Gasteiger partial charge in [-0.1, -0.05) is 26.0 Å². The van der Waals surface area contributed by atoms with Crippen molar-refractivity contribution in [2.24, 2.45) is 5.73 Å². The largest absolute Gasteiger partial charge is 0.573 e. The number of rotatable bonds is 6. The van der Waals surface area contributed by atoms with Gasteiger partial charge in [0.25, 0.3) is 0 Å². The minimum absolute atomic E-state index is 0.245. The van der Waals surface area contributed by atoms with Gasteiger partial charge in [-0.3, -0.25) is 4.90 Å². The highest BCUT2D eigenvalue weighted by molar-refractivity contribution is 5.32.